The number of benzene rings is 1. The third-order valence-electron chi connectivity index (χ3n) is 2.33. The van der Waals surface area contributed by atoms with E-state index in [1.165, 1.54) is 6.07 Å². The number of hydrogen-bond donors (Lipinski definition) is 2. The molecule has 0 aromatic heterocycles. The Kier molecular flexibility index (Phi) is 4.26. The van der Waals surface area contributed by atoms with Gasteiger partial charge in [0.2, 0.25) is 5.91 Å². The molecule has 1 amide bonds. The molecule has 17 heavy (non-hydrogen) atoms. The Morgan fingerprint density at radius 1 is 1.35 bits per heavy atom. The van der Waals surface area contributed by atoms with Crippen LogP contribution in [-0.2, 0) is 4.79 Å². The van der Waals surface area contributed by atoms with Crippen LogP contribution in [0.25, 0.3) is 0 Å². The van der Waals surface area contributed by atoms with E-state index in [-0.39, 0.29) is 11.5 Å². The van der Waals surface area contributed by atoms with E-state index >= 15 is 0 Å². The van der Waals surface area contributed by atoms with Gasteiger partial charge in [0.05, 0.1) is 5.56 Å². The molecule has 0 fully saturated rings. The Hall–Kier alpha value is -1.84. The predicted molar refractivity (Wildman–Crippen MR) is 66.2 cm³/mol. The quantitative estimate of drug-likeness (QED) is 0.843. The Bertz CT molecular complexity index is 438. The third kappa shape index (κ3) is 3.90. The van der Waals surface area contributed by atoms with Crippen LogP contribution in [0, 0.1) is 12.8 Å². The molecule has 0 unspecified atom stereocenters. The highest BCUT2D eigenvalue weighted by molar-refractivity contribution is 5.93. The van der Waals surface area contributed by atoms with Gasteiger partial charge in [-0.3, -0.25) is 4.79 Å². The molecular formula is C13H17NO3. The molecule has 1 aromatic carbocycles. The van der Waals surface area contributed by atoms with Gasteiger partial charge >= 0.3 is 5.97 Å². The second-order valence-electron chi connectivity index (χ2n) is 4.48. The molecule has 1 aromatic rings. The first kappa shape index (κ1) is 13.2. The van der Waals surface area contributed by atoms with Crippen LogP contribution < -0.4 is 5.32 Å². The summed E-state index contributed by atoms with van der Waals surface area (Å²) >= 11 is 0. The van der Waals surface area contributed by atoms with Crippen molar-refractivity contribution in [3.05, 3.63) is 29.3 Å². The van der Waals surface area contributed by atoms with Crippen molar-refractivity contribution in [3.63, 3.8) is 0 Å². The largest absolute Gasteiger partial charge is 0.478 e. The maximum Gasteiger partial charge on any atom is 0.335 e. The minimum absolute atomic E-state index is 0.0533. The highest BCUT2D eigenvalue weighted by atomic mass is 16.4. The van der Waals surface area contributed by atoms with E-state index in [9.17, 15) is 9.59 Å². The third-order valence-corrected chi connectivity index (χ3v) is 2.33. The van der Waals surface area contributed by atoms with E-state index < -0.39 is 5.97 Å². The number of aromatic carboxylic acids is 1. The molecule has 0 saturated heterocycles. The summed E-state index contributed by atoms with van der Waals surface area (Å²) in [4.78, 5) is 22.3. The van der Waals surface area contributed by atoms with Crippen molar-refractivity contribution in [2.75, 3.05) is 5.32 Å². The zero-order valence-corrected chi connectivity index (χ0v) is 10.3. The summed E-state index contributed by atoms with van der Waals surface area (Å²) in [6, 6.07) is 4.78. The van der Waals surface area contributed by atoms with Crippen molar-refractivity contribution >= 4 is 17.6 Å². The van der Waals surface area contributed by atoms with Crippen molar-refractivity contribution < 1.29 is 14.7 Å². The van der Waals surface area contributed by atoms with Gasteiger partial charge in [0, 0.05) is 12.1 Å². The molecule has 4 heteroatoms. The van der Waals surface area contributed by atoms with Crippen molar-refractivity contribution in [1.82, 2.24) is 0 Å². The van der Waals surface area contributed by atoms with Gasteiger partial charge in [-0.15, -0.1) is 0 Å². The molecule has 0 saturated carbocycles. The van der Waals surface area contributed by atoms with Crippen LogP contribution in [0.5, 0.6) is 0 Å². The van der Waals surface area contributed by atoms with Crippen LogP contribution in [0.1, 0.15) is 36.2 Å². The fourth-order valence-corrected chi connectivity index (χ4v) is 1.56. The second kappa shape index (κ2) is 5.48. The minimum Gasteiger partial charge on any atom is -0.478 e. The Balaban J connectivity index is 2.77. The molecule has 0 aliphatic carbocycles. The van der Waals surface area contributed by atoms with Gasteiger partial charge in [-0.25, -0.2) is 4.79 Å². The zero-order valence-electron chi connectivity index (χ0n) is 10.3. The van der Waals surface area contributed by atoms with Gasteiger partial charge in [0.25, 0.3) is 0 Å². The van der Waals surface area contributed by atoms with Crippen LogP contribution in [0.2, 0.25) is 0 Å². The molecule has 0 radical (unpaired) electrons. The number of rotatable bonds is 4. The predicted octanol–water partition coefficient (Wildman–Crippen LogP) is 2.68. The number of carbonyl (C=O) groups excluding carboxylic acids is 1. The van der Waals surface area contributed by atoms with Crippen LogP contribution in [0.4, 0.5) is 5.69 Å². The normalized spacial score (nSPS) is 10.4. The number of nitrogens with one attached hydrogen (secondary N) is 1. The summed E-state index contributed by atoms with van der Waals surface area (Å²) < 4.78 is 0. The summed E-state index contributed by atoms with van der Waals surface area (Å²) in [5.74, 6) is -0.709. The Morgan fingerprint density at radius 2 is 2.00 bits per heavy atom. The van der Waals surface area contributed by atoms with Crippen molar-refractivity contribution in [2.45, 2.75) is 27.2 Å². The first-order valence-corrected chi connectivity index (χ1v) is 5.54. The standard InChI is InChI=1S/C13H17NO3/c1-8(2)6-12(15)14-10-4-5-11(13(16)17)9(3)7-10/h4-5,7-8H,6H2,1-3H3,(H,14,15)(H,16,17). The van der Waals surface area contributed by atoms with Crippen LogP contribution in [0.3, 0.4) is 0 Å². The average Bonchev–Trinajstić information content (AvgIpc) is 2.15. The van der Waals surface area contributed by atoms with Gasteiger partial charge in [0.15, 0.2) is 0 Å². The lowest BCUT2D eigenvalue weighted by Gasteiger charge is -2.09. The van der Waals surface area contributed by atoms with Crippen LogP contribution >= 0.6 is 0 Å². The summed E-state index contributed by atoms with van der Waals surface area (Å²) in [5.41, 5.74) is 1.53. The molecule has 0 aliphatic heterocycles. The lowest BCUT2D eigenvalue weighted by Crippen LogP contribution is -2.14. The number of hydrogen-bond acceptors (Lipinski definition) is 2. The lowest BCUT2D eigenvalue weighted by atomic mass is 10.1. The maximum absolute atomic E-state index is 11.5. The van der Waals surface area contributed by atoms with Crippen molar-refractivity contribution in [2.24, 2.45) is 5.92 Å². The highest BCUT2D eigenvalue weighted by Crippen LogP contribution is 2.16. The molecular weight excluding hydrogens is 218 g/mol. The molecule has 1 rings (SSSR count). The molecule has 2 N–H and O–H groups in total. The fourth-order valence-electron chi connectivity index (χ4n) is 1.56. The summed E-state index contributed by atoms with van der Waals surface area (Å²) in [6.07, 6.45) is 0.458. The SMILES string of the molecule is Cc1cc(NC(=O)CC(C)C)ccc1C(=O)O. The molecule has 0 aliphatic rings. The number of aryl methyl sites for hydroxylation is 1. The molecule has 0 atom stereocenters. The van der Waals surface area contributed by atoms with E-state index in [2.05, 4.69) is 5.32 Å². The second-order valence-corrected chi connectivity index (χ2v) is 4.48. The lowest BCUT2D eigenvalue weighted by molar-refractivity contribution is -0.116. The summed E-state index contributed by atoms with van der Waals surface area (Å²) in [5, 5.41) is 11.6. The molecule has 92 valence electrons. The van der Waals surface area contributed by atoms with E-state index in [4.69, 9.17) is 5.11 Å². The van der Waals surface area contributed by atoms with Crippen molar-refractivity contribution in [1.29, 1.82) is 0 Å². The number of carboxylic acids is 1. The zero-order chi connectivity index (χ0) is 13.0. The summed E-state index contributed by atoms with van der Waals surface area (Å²) in [7, 11) is 0. The molecule has 4 nitrogen and oxygen atoms in total. The van der Waals surface area contributed by atoms with Gasteiger partial charge in [-0.1, -0.05) is 13.8 Å². The number of carboxylic acid groups (broad SMARTS) is 1. The topological polar surface area (TPSA) is 66.4 Å². The van der Waals surface area contributed by atoms with Gasteiger partial charge in [0.1, 0.15) is 0 Å². The van der Waals surface area contributed by atoms with Crippen LogP contribution in [0.15, 0.2) is 18.2 Å². The molecule has 0 bridgehead atoms. The first-order valence-electron chi connectivity index (χ1n) is 5.54. The number of carbonyl (C=O) groups is 2. The van der Waals surface area contributed by atoms with Gasteiger partial charge < -0.3 is 10.4 Å². The maximum atomic E-state index is 11.5. The van der Waals surface area contributed by atoms with Gasteiger partial charge in [-0.05, 0) is 36.6 Å². The molecule has 0 spiro atoms. The molecule has 0 heterocycles. The average molecular weight is 235 g/mol. The number of anilines is 1. The monoisotopic (exact) mass is 235 g/mol. The smallest absolute Gasteiger partial charge is 0.335 e. The van der Waals surface area contributed by atoms with Crippen molar-refractivity contribution in [3.8, 4) is 0 Å². The van der Waals surface area contributed by atoms with E-state index in [0.717, 1.165) is 0 Å². The summed E-state index contributed by atoms with van der Waals surface area (Å²) in [6.45, 7) is 5.65. The van der Waals surface area contributed by atoms with Crippen LogP contribution in [-0.4, -0.2) is 17.0 Å². The Labute approximate surface area is 101 Å². The minimum atomic E-state index is -0.956. The van der Waals surface area contributed by atoms with E-state index in [1.54, 1.807) is 19.1 Å². The highest BCUT2D eigenvalue weighted by Gasteiger charge is 2.09. The van der Waals surface area contributed by atoms with Gasteiger partial charge in [-0.2, -0.15) is 0 Å². The first-order chi connectivity index (χ1) is 7.90. The number of amides is 1. The van der Waals surface area contributed by atoms with E-state index in [0.29, 0.717) is 23.6 Å². The van der Waals surface area contributed by atoms with E-state index in [1.807, 2.05) is 13.8 Å². The fraction of sp³-hybridized carbons (Fsp3) is 0.385. The Morgan fingerprint density at radius 3 is 2.47 bits per heavy atom.